The first-order chi connectivity index (χ1) is 8.61. The molecule has 0 bridgehead atoms. The van der Waals surface area contributed by atoms with Gasteiger partial charge in [-0.2, -0.15) is 0 Å². The van der Waals surface area contributed by atoms with E-state index in [4.69, 9.17) is 11.6 Å². The van der Waals surface area contributed by atoms with E-state index in [1.165, 1.54) is 5.57 Å². The average molecular weight is 259 g/mol. The minimum atomic E-state index is 0.496. The molecule has 0 atom stereocenters. The first kappa shape index (κ1) is 12.8. The van der Waals surface area contributed by atoms with Crippen LogP contribution in [0.1, 0.15) is 26.5 Å². The molecule has 0 aliphatic heterocycles. The molecule has 2 aromatic rings. The zero-order valence-electron chi connectivity index (χ0n) is 10.7. The Labute approximate surface area is 112 Å². The molecule has 0 amide bonds. The smallest absolute Gasteiger partial charge is 0.138 e. The van der Waals surface area contributed by atoms with Crippen LogP contribution in [-0.4, -0.2) is 9.97 Å². The Hall–Kier alpha value is -1.67. The normalized spacial score (nSPS) is 11.7. The highest BCUT2D eigenvalue weighted by molar-refractivity contribution is 6.34. The van der Waals surface area contributed by atoms with E-state index in [1.54, 1.807) is 6.20 Å². The van der Waals surface area contributed by atoms with Crippen LogP contribution in [0.2, 0.25) is 5.15 Å². The Balaban J connectivity index is 2.57. The third-order valence-electron chi connectivity index (χ3n) is 2.62. The second-order valence-corrected chi connectivity index (χ2v) is 4.69. The Morgan fingerprint density at radius 2 is 2.00 bits per heavy atom. The zero-order valence-corrected chi connectivity index (χ0v) is 11.5. The predicted molar refractivity (Wildman–Crippen MR) is 77.6 cm³/mol. The maximum atomic E-state index is 6.03. The standard InChI is InChI=1S/C15H15ClN2/c1-4-11(9-10(2)3)13-6-5-12-14(18-13)7-8-17-15(12)16/h4-9H,1-3H3. The van der Waals surface area contributed by atoms with Gasteiger partial charge in [-0.05, 0) is 44.5 Å². The lowest BCUT2D eigenvalue weighted by Crippen LogP contribution is -1.90. The molecule has 3 heteroatoms. The summed E-state index contributed by atoms with van der Waals surface area (Å²) in [5.74, 6) is 0. The molecule has 2 rings (SSSR count). The molecule has 0 unspecified atom stereocenters. The summed E-state index contributed by atoms with van der Waals surface area (Å²) in [5.41, 5.74) is 4.19. The molecular weight excluding hydrogens is 244 g/mol. The highest BCUT2D eigenvalue weighted by Crippen LogP contribution is 2.23. The summed E-state index contributed by atoms with van der Waals surface area (Å²) < 4.78 is 0. The second-order valence-electron chi connectivity index (χ2n) is 4.33. The van der Waals surface area contributed by atoms with E-state index in [0.717, 1.165) is 22.2 Å². The average Bonchev–Trinajstić information content (AvgIpc) is 2.35. The lowest BCUT2D eigenvalue weighted by molar-refractivity contribution is 1.29. The topological polar surface area (TPSA) is 25.8 Å². The van der Waals surface area contributed by atoms with Crippen molar-refractivity contribution >= 4 is 28.1 Å². The van der Waals surface area contributed by atoms with Crippen LogP contribution in [-0.2, 0) is 0 Å². The van der Waals surface area contributed by atoms with E-state index in [1.807, 2.05) is 25.1 Å². The first-order valence-electron chi connectivity index (χ1n) is 5.84. The monoisotopic (exact) mass is 258 g/mol. The first-order valence-corrected chi connectivity index (χ1v) is 6.22. The number of hydrogen-bond donors (Lipinski definition) is 0. The van der Waals surface area contributed by atoms with Gasteiger partial charge in [-0.15, -0.1) is 0 Å². The molecule has 0 radical (unpaired) electrons. The summed E-state index contributed by atoms with van der Waals surface area (Å²) in [7, 11) is 0. The van der Waals surface area contributed by atoms with Crippen LogP contribution < -0.4 is 0 Å². The molecule has 0 N–H and O–H groups in total. The number of pyridine rings is 2. The Kier molecular flexibility index (Phi) is 3.78. The predicted octanol–water partition coefficient (Wildman–Crippen LogP) is 4.65. The zero-order chi connectivity index (χ0) is 13.1. The molecule has 0 saturated heterocycles. The van der Waals surface area contributed by atoms with Gasteiger partial charge >= 0.3 is 0 Å². The molecule has 2 aromatic heterocycles. The quantitative estimate of drug-likeness (QED) is 0.579. The number of hydrogen-bond acceptors (Lipinski definition) is 2. The van der Waals surface area contributed by atoms with Crippen LogP contribution in [0.5, 0.6) is 0 Å². The highest BCUT2D eigenvalue weighted by atomic mass is 35.5. The number of nitrogens with zero attached hydrogens (tertiary/aromatic N) is 2. The fourth-order valence-electron chi connectivity index (χ4n) is 1.80. The van der Waals surface area contributed by atoms with Crippen molar-refractivity contribution in [3.8, 4) is 0 Å². The Morgan fingerprint density at radius 3 is 2.67 bits per heavy atom. The Bertz CT molecular complexity index is 638. The van der Waals surface area contributed by atoms with E-state index in [0.29, 0.717) is 5.15 Å². The van der Waals surface area contributed by atoms with E-state index in [9.17, 15) is 0 Å². The van der Waals surface area contributed by atoms with Gasteiger partial charge in [0.1, 0.15) is 5.15 Å². The van der Waals surface area contributed by atoms with Gasteiger partial charge in [-0.25, -0.2) is 9.97 Å². The number of aromatic nitrogens is 2. The summed E-state index contributed by atoms with van der Waals surface area (Å²) in [4.78, 5) is 8.67. The van der Waals surface area contributed by atoms with Gasteiger partial charge < -0.3 is 0 Å². The third-order valence-corrected chi connectivity index (χ3v) is 2.92. The van der Waals surface area contributed by atoms with Crippen molar-refractivity contribution in [1.82, 2.24) is 9.97 Å². The number of allylic oxidation sites excluding steroid dienone is 4. The van der Waals surface area contributed by atoms with Crippen molar-refractivity contribution in [1.29, 1.82) is 0 Å². The van der Waals surface area contributed by atoms with Crippen molar-refractivity contribution in [3.63, 3.8) is 0 Å². The lowest BCUT2D eigenvalue weighted by Gasteiger charge is -2.05. The molecule has 0 spiro atoms. The minimum Gasteiger partial charge on any atom is -0.248 e. The third kappa shape index (κ3) is 2.59. The molecule has 18 heavy (non-hydrogen) atoms. The molecule has 2 nitrogen and oxygen atoms in total. The van der Waals surface area contributed by atoms with Crippen LogP contribution >= 0.6 is 11.6 Å². The van der Waals surface area contributed by atoms with E-state index in [-0.39, 0.29) is 0 Å². The van der Waals surface area contributed by atoms with Crippen molar-refractivity contribution in [2.45, 2.75) is 20.8 Å². The van der Waals surface area contributed by atoms with Crippen LogP contribution in [0.4, 0.5) is 0 Å². The van der Waals surface area contributed by atoms with E-state index in [2.05, 4.69) is 36.0 Å². The second kappa shape index (κ2) is 5.32. The number of rotatable bonds is 2. The van der Waals surface area contributed by atoms with Crippen LogP contribution in [0, 0.1) is 0 Å². The summed E-state index contributed by atoms with van der Waals surface area (Å²) in [5, 5.41) is 1.38. The van der Waals surface area contributed by atoms with Gasteiger partial charge in [0.25, 0.3) is 0 Å². The fraction of sp³-hybridized carbons (Fsp3) is 0.200. The van der Waals surface area contributed by atoms with Crippen molar-refractivity contribution in [3.05, 3.63) is 53.0 Å². The van der Waals surface area contributed by atoms with Gasteiger partial charge in [0.2, 0.25) is 0 Å². The van der Waals surface area contributed by atoms with Gasteiger partial charge in [0.05, 0.1) is 11.2 Å². The SMILES string of the molecule is CC=C(C=C(C)C)c1ccc2c(Cl)nccc2n1. The molecule has 0 fully saturated rings. The van der Waals surface area contributed by atoms with Crippen molar-refractivity contribution < 1.29 is 0 Å². The van der Waals surface area contributed by atoms with Crippen molar-refractivity contribution in [2.24, 2.45) is 0 Å². The van der Waals surface area contributed by atoms with Gasteiger partial charge in [0, 0.05) is 11.6 Å². The largest absolute Gasteiger partial charge is 0.248 e. The number of halogens is 1. The van der Waals surface area contributed by atoms with E-state index < -0.39 is 0 Å². The molecule has 0 aromatic carbocycles. The maximum absolute atomic E-state index is 6.03. The lowest BCUT2D eigenvalue weighted by atomic mass is 10.1. The summed E-state index contributed by atoms with van der Waals surface area (Å²) >= 11 is 6.03. The highest BCUT2D eigenvalue weighted by Gasteiger charge is 2.04. The van der Waals surface area contributed by atoms with Gasteiger partial charge in [-0.3, -0.25) is 0 Å². The molecular formula is C15H15ClN2. The van der Waals surface area contributed by atoms with E-state index >= 15 is 0 Å². The fourth-order valence-corrected chi connectivity index (χ4v) is 2.01. The summed E-state index contributed by atoms with van der Waals surface area (Å²) in [6.07, 6.45) is 5.86. The molecule has 2 heterocycles. The van der Waals surface area contributed by atoms with Crippen LogP contribution in [0.3, 0.4) is 0 Å². The molecule has 0 aliphatic carbocycles. The molecule has 0 saturated carbocycles. The summed E-state index contributed by atoms with van der Waals surface area (Å²) in [6, 6.07) is 5.82. The van der Waals surface area contributed by atoms with Gasteiger partial charge in [-0.1, -0.05) is 29.3 Å². The van der Waals surface area contributed by atoms with Crippen molar-refractivity contribution in [2.75, 3.05) is 0 Å². The molecule has 92 valence electrons. The number of fused-ring (bicyclic) bond motifs is 1. The van der Waals surface area contributed by atoms with Crippen LogP contribution in [0.25, 0.3) is 16.5 Å². The van der Waals surface area contributed by atoms with Gasteiger partial charge in [0.15, 0.2) is 0 Å². The Morgan fingerprint density at radius 1 is 1.22 bits per heavy atom. The van der Waals surface area contributed by atoms with Crippen LogP contribution in [0.15, 0.2) is 42.1 Å². The minimum absolute atomic E-state index is 0.496. The maximum Gasteiger partial charge on any atom is 0.138 e. The molecule has 0 aliphatic rings. The summed E-state index contributed by atoms with van der Waals surface area (Å²) in [6.45, 7) is 6.16.